The first-order chi connectivity index (χ1) is 12.9. The van der Waals surface area contributed by atoms with Crippen LogP contribution in [0.3, 0.4) is 0 Å². The van der Waals surface area contributed by atoms with Gasteiger partial charge in [0.2, 0.25) is 5.91 Å². The lowest BCUT2D eigenvalue weighted by molar-refractivity contribution is -0.121. The van der Waals surface area contributed by atoms with Gasteiger partial charge in [-0.05, 0) is 51.3 Å². The number of nitrogens with zero attached hydrogens (tertiary/aromatic N) is 1. The summed E-state index contributed by atoms with van der Waals surface area (Å²) in [5, 5.41) is 2.93. The first kappa shape index (κ1) is 18.9. The van der Waals surface area contributed by atoms with Gasteiger partial charge in [0.05, 0.1) is 0 Å². The Morgan fingerprint density at radius 3 is 2.26 bits per heavy atom. The van der Waals surface area contributed by atoms with E-state index >= 15 is 0 Å². The summed E-state index contributed by atoms with van der Waals surface area (Å²) < 4.78 is 0. The predicted octanol–water partition coefficient (Wildman–Crippen LogP) is 3.33. The number of piperidine rings is 1. The number of likely N-dealkylation sites (tertiary alicyclic amines) is 1. The molecular weight excluding hydrogens is 342 g/mol. The van der Waals surface area contributed by atoms with Gasteiger partial charge in [0.25, 0.3) is 5.91 Å². The van der Waals surface area contributed by atoms with Crippen LogP contribution >= 0.6 is 0 Å². The van der Waals surface area contributed by atoms with E-state index in [1.807, 2.05) is 30.3 Å². The monoisotopic (exact) mass is 367 g/mol. The second-order valence-corrected chi connectivity index (χ2v) is 7.10. The molecule has 0 radical (unpaired) electrons. The number of aromatic amines is 1. The van der Waals surface area contributed by atoms with Crippen molar-refractivity contribution in [1.29, 1.82) is 0 Å². The number of amides is 2. The first-order valence-electron chi connectivity index (χ1n) is 9.23. The van der Waals surface area contributed by atoms with Crippen LogP contribution in [0.1, 0.15) is 51.9 Å². The highest BCUT2D eigenvalue weighted by molar-refractivity contribution is 6.02. The van der Waals surface area contributed by atoms with E-state index in [-0.39, 0.29) is 23.5 Å². The Hall–Kier alpha value is -2.89. The summed E-state index contributed by atoms with van der Waals surface area (Å²) in [6.45, 7) is 6.17. The molecule has 2 heterocycles. The van der Waals surface area contributed by atoms with Crippen molar-refractivity contribution < 1.29 is 14.4 Å². The number of H-pyrrole nitrogens is 1. The number of benzene rings is 1. The summed E-state index contributed by atoms with van der Waals surface area (Å²) in [5.41, 5.74) is 3.28. The van der Waals surface area contributed by atoms with Crippen LogP contribution in [0.25, 0.3) is 0 Å². The number of carbonyl (C=O) groups excluding carboxylic acids is 3. The van der Waals surface area contributed by atoms with E-state index in [4.69, 9.17) is 0 Å². The fraction of sp³-hybridized carbons (Fsp3) is 0.381. The maximum atomic E-state index is 12.9. The maximum absolute atomic E-state index is 12.9. The second kappa shape index (κ2) is 7.78. The molecule has 2 aromatic rings. The molecule has 1 aliphatic rings. The lowest BCUT2D eigenvalue weighted by Gasteiger charge is -2.31. The van der Waals surface area contributed by atoms with Gasteiger partial charge in [-0.1, -0.05) is 18.2 Å². The number of aryl methyl sites for hydroxylation is 1. The number of aromatic nitrogens is 1. The van der Waals surface area contributed by atoms with E-state index in [0.717, 1.165) is 11.4 Å². The zero-order valence-corrected chi connectivity index (χ0v) is 16.0. The van der Waals surface area contributed by atoms with Crippen molar-refractivity contribution in [1.82, 2.24) is 9.88 Å². The van der Waals surface area contributed by atoms with Crippen LogP contribution in [0.2, 0.25) is 0 Å². The Morgan fingerprint density at radius 1 is 1.07 bits per heavy atom. The van der Waals surface area contributed by atoms with Crippen molar-refractivity contribution in [3.8, 4) is 0 Å². The van der Waals surface area contributed by atoms with Gasteiger partial charge in [0, 0.05) is 36.0 Å². The third-order valence-corrected chi connectivity index (χ3v) is 5.20. The zero-order chi connectivity index (χ0) is 19.6. The summed E-state index contributed by atoms with van der Waals surface area (Å²) >= 11 is 0. The standard InChI is InChI=1S/C21H25N3O3/c1-13-18(15(3)25)14(2)22-19(13)21(27)24-11-9-16(10-12-24)20(26)23-17-7-5-4-6-8-17/h4-8,16,22H,9-12H2,1-3H3,(H,23,26). The Kier molecular flexibility index (Phi) is 5.44. The van der Waals surface area contributed by atoms with Gasteiger partial charge in [0.1, 0.15) is 5.69 Å². The summed E-state index contributed by atoms with van der Waals surface area (Å²) in [7, 11) is 0. The number of carbonyl (C=O) groups is 3. The lowest BCUT2D eigenvalue weighted by Crippen LogP contribution is -2.41. The molecule has 0 aliphatic carbocycles. The van der Waals surface area contributed by atoms with E-state index in [0.29, 0.717) is 42.8 Å². The normalized spacial score (nSPS) is 14.9. The summed E-state index contributed by atoms with van der Waals surface area (Å²) in [6.07, 6.45) is 1.26. The van der Waals surface area contributed by atoms with E-state index in [9.17, 15) is 14.4 Å². The quantitative estimate of drug-likeness (QED) is 0.813. The molecule has 6 nitrogen and oxygen atoms in total. The Labute approximate surface area is 159 Å². The number of rotatable bonds is 4. The molecule has 0 bridgehead atoms. The van der Waals surface area contributed by atoms with E-state index in [1.54, 1.807) is 18.7 Å². The van der Waals surface area contributed by atoms with Gasteiger partial charge in [0.15, 0.2) is 5.78 Å². The average Bonchev–Trinajstić information content (AvgIpc) is 2.96. The van der Waals surface area contributed by atoms with E-state index < -0.39 is 0 Å². The van der Waals surface area contributed by atoms with Crippen molar-refractivity contribution in [2.24, 2.45) is 5.92 Å². The molecule has 1 saturated heterocycles. The third-order valence-electron chi connectivity index (χ3n) is 5.20. The smallest absolute Gasteiger partial charge is 0.270 e. The van der Waals surface area contributed by atoms with Crippen LogP contribution in [0.4, 0.5) is 5.69 Å². The predicted molar refractivity (Wildman–Crippen MR) is 104 cm³/mol. The molecule has 0 spiro atoms. The molecule has 3 rings (SSSR count). The molecule has 0 atom stereocenters. The molecule has 1 aromatic carbocycles. The van der Waals surface area contributed by atoms with Crippen LogP contribution < -0.4 is 5.32 Å². The summed E-state index contributed by atoms with van der Waals surface area (Å²) in [6, 6.07) is 9.39. The number of hydrogen-bond donors (Lipinski definition) is 2. The van der Waals surface area contributed by atoms with E-state index in [1.165, 1.54) is 6.92 Å². The lowest BCUT2D eigenvalue weighted by atomic mass is 9.95. The molecule has 2 N–H and O–H groups in total. The highest BCUT2D eigenvalue weighted by Crippen LogP contribution is 2.24. The topological polar surface area (TPSA) is 82.3 Å². The fourth-order valence-corrected chi connectivity index (χ4v) is 3.76. The zero-order valence-electron chi connectivity index (χ0n) is 16.0. The number of hydrogen-bond acceptors (Lipinski definition) is 3. The Bertz CT molecular complexity index is 862. The Balaban J connectivity index is 1.62. The second-order valence-electron chi connectivity index (χ2n) is 7.10. The molecule has 2 amide bonds. The van der Waals surface area contributed by atoms with Gasteiger partial charge in [-0.25, -0.2) is 0 Å². The molecule has 1 aromatic heterocycles. The number of Topliss-reactive ketones (excluding diaryl/α,β-unsaturated/α-hetero) is 1. The SMILES string of the molecule is CC(=O)c1c(C)[nH]c(C(=O)N2CCC(C(=O)Nc3ccccc3)CC2)c1C. The maximum Gasteiger partial charge on any atom is 0.270 e. The highest BCUT2D eigenvalue weighted by atomic mass is 16.2. The van der Waals surface area contributed by atoms with Crippen molar-refractivity contribution in [3.63, 3.8) is 0 Å². The van der Waals surface area contributed by atoms with Gasteiger partial charge < -0.3 is 15.2 Å². The minimum Gasteiger partial charge on any atom is -0.354 e. The van der Waals surface area contributed by atoms with Crippen molar-refractivity contribution >= 4 is 23.3 Å². The van der Waals surface area contributed by atoms with Crippen LogP contribution in [-0.4, -0.2) is 40.6 Å². The van der Waals surface area contributed by atoms with E-state index in [2.05, 4.69) is 10.3 Å². The molecule has 27 heavy (non-hydrogen) atoms. The number of nitrogens with one attached hydrogen (secondary N) is 2. The van der Waals surface area contributed by atoms with Crippen molar-refractivity contribution in [3.05, 3.63) is 52.8 Å². The van der Waals surface area contributed by atoms with Gasteiger partial charge in [-0.2, -0.15) is 0 Å². The van der Waals surface area contributed by atoms with Gasteiger partial charge >= 0.3 is 0 Å². The molecule has 0 saturated carbocycles. The minimum absolute atomic E-state index is 0.000867. The summed E-state index contributed by atoms with van der Waals surface area (Å²) in [4.78, 5) is 41.9. The highest BCUT2D eigenvalue weighted by Gasteiger charge is 2.30. The van der Waals surface area contributed by atoms with Crippen LogP contribution in [0, 0.1) is 19.8 Å². The number of para-hydroxylation sites is 1. The van der Waals surface area contributed by atoms with Crippen LogP contribution in [0.5, 0.6) is 0 Å². The van der Waals surface area contributed by atoms with Crippen molar-refractivity contribution in [2.75, 3.05) is 18.4 Å². The molecule has 142 valence electrons. The third kappa shape index (κ3) is 3.94. The molecule has 1 fully saturated rings. The van der Waals surface area contributed by atoms with Crippen LogP contribution in [-0.2, 0) is 4.79 Å². The molecule has 6 heteroatoms. The average molecular weight is 367 g/mol. The minimum atomic E-state index is -0.106. The Morgan fingerprint density at radius 2 is 1.70 bits per heavy atom. The van der Waals surface area contributed by atoms with Crippen LogP contribution in [0.15, 0.2) is 30.3 Å². The largest absolute Gasteiger partial charge is 0.354 e. The van der Waals surface area contributed by atoms with Gasteiger partial charge in [-0.15, -0.1) is 0 Å². The molecule has 1 aliphatic heterocycles. The molecule has 0 unspecified atom stereocenters. The number of ketones is 1. The fourth-order valence-electron chi connectivity index (χ4n) is 3.76. The van der Waals surface area contributed by atoms with Gasteiger partial charge in [-0.3, -0.25) is 14.4 Å². The first-order valence-corrected chi connectivity index (χ1v) is 9.23. The van der Waals surface area contributed by atoms with Crippen molar-refractivity contribution in [2.45, 2.75) is 33.6 Å². The summed E-state index contributed by atoms with van der Waals surface area (Å²) in [5.74, 6) is -0.255. The number of anilines is 1. The molecular formula is C21H25N3O3.